The van der Waals surface area contributed by atoms with Gasteiger partial charge in [-0.3, -0.25) is 0 Å². The summed E-state index contributed by atoms with van der Waals surface area (Å²) >= 11 is 0. The van der Waals surface area contributed by atoms with E-state index in [-0.39, 0.29) is 0 Å². The maximum Gasteiger partial charge on any atom is 0.0447 e. The molecule has 4 nitrogen and oxygen atoms in total. The van der Waals surface area contributed by atoms with Gasteiger partial charge in [0.2, 0.25) is 0 Å². The summed E-state index contributed by atoms with van der Waals surface area (Å²) in [5.74, 6) is 2.09. The lowest BCUT2D eigenvalue weighted by atomic mass is 9.63. The van der Waals surface area contributed by atoms with E-state index in [9.17, 15) is 0 Å². The van der Waals surface area contributed by atoms with E-state index in [2.05, 4.69) is 166 Å². The number of hydrogen-bond donors (Lipinski definition) is 4. The first-order chi connectivity index (χ1) is 32.6. The zero-order valence-corrected chi connectivity index (χ0v) is 36.6. The maximum absolute atomic E-state index is 4.26. The third-order valence-electron chi connectivity index (χ3n) is 17.8. The van der Waals surface area contributed by atoms with Gasteiger partial charge in [-0.05, 0) is 174 Å². The molecule has 314 valence electrons. The molecule has 4 aromatic heterocycles. The van der Waals surface area contributed by atoms with Gasteiger partial charge in [0.25, 0.3) is 0 Å². The Balaban J connectivity index is 0.964. The van der Waals surface area contributed by atoms with Crippen molar-refractivity contribution < 1.29 is 0 Å². The van der Waals surface area contributed by atoms with Crippen LogP contribution >= 0.6 is 0 Å². The summed E-state index contributed by atoms with van der Waals surface area (Å²) < 4.78 is 0. The molecule has 0 saturated heterocycles. The summed E-state index contributed by atoms with van der Waals surface area (Å²) in [6, 6.07) is 46.6. The molecule has 6 atom stereocenters. The Hall–Kier alpha value is -7.30. The number of rotatable bonds is 0. The highest BCUT2D eigenvalue weighted by Gasteiger charge is 2.45. The van der Waals surface area contributed by atoms with E-state index in [1.54, 1.807) is 0 Å². The second kappa shape index (κ2) is 12.3. The number of aromatic amines is 4. The maximum atomic E-state index is 4.26. The standard InChI is InChI=1S/C62H46N4/c1-3-9-33-23-47-41-17-15-39(45(47)21-31(33)7-1)57-51-27-37-13-14-38(63-37)28-52-58-40-16-18-42(48-24-34-10-4-2-8-32(34)22-46(40)48)60(58)54(65-52)30-56-62-44-20-19-43(61(62)55(66-56)29-53(64-51)59(41)57)49-25-35-11-5-6-12-36(35)26-50(44)49/h1-14,21-30,39-44,63-66H,15-20H2. The van der Waals surface area contributed by atoms with Crippen molar-refractivity contribution in [2.75, 3.05) is 0 Å². The van der Waals surface area contributed by atoms with E-state index >= 15 is 0 Å². The molecule has 0 amide bonds. The monoisotopic (exact) mass is 846 g/mol. The number of aromatic nitrogens is 4. The smallest absolute Gasteiger partial charge is 0.0447 e. The molecule has 0 radical (unpaired) electrons. The summed E-state index contributed by atoms with van der Waals surface area (Å²) in [7, 11) is 0. The Kier molecular flexibility index (Phi) is 6.54. The molecule has 0 saturated carbocycles. The van der Waals surface area contributed by atoms with E-state index in [1.165, 1.54) is 171 Å². The first kappa shape index (κ1) is 35.0. The van der Waals surface area contributed by atoms with Gasteiger partial charge < -0.3 is 19.9 Å². The van der Waals surface area contributed by atoms with Gasteiger partial charge in [0.15, 0.2) is 0 Å². The van der Waals surface area contributed by atoms with Gasteiger partial charge in [0.05, 0.1) is 0 Å². The van der Waals surface area contributed by atoms with E-state index in [4.69, 9.17) is 0 Å². The molecule has 0 fully saturated rings. The molecule has 14 bridgehead atoms. The fraction of sp³-hybridized carbons (Fsp3) is 0.194. The SMILES string of the molecule is C1=c2ccc([nH]2)=Cc2[nH]c(c3c2C2CCC3c3cc4ccccc4cc32)C=c2[nH]c(c3c2C2CCC3c3cc4ccccc4cc32)=Cc2[nH]c1c1c2C2CCC1c1cc3ccccc3cc12. The molecule has 4 heteroatoms. The number of benzene rings is 6. The van der Waals surface area contributed by atoms with Crippen LogP contribution in [0.5, 0.6) is 0 Å². The lowest BCUT2D eigenvalue weighted by Crippen LogP contribution is -2.30. The van der Waals surface area contributed by atoms with Crippen molar-refractivity contribution in [3.8, 4) is 0 Å². The molecule has 20 rings (SSSR count). The summed E-state index contributed by atoms with van der Waals surface area (Å²) in [5, 5.41) is 12.9. The van der Waals surface area contributed by atoms with Crippen molar-refractivity contribution in [3.05, 3.63) is 232 Å². The van der Waals surface area contributed by atoms with Gasteiger partial charge in [0, 0.05) is 79.7 Å². The van der Waals surface area contributed by atoms with Gasteiger partial charge >= 0.3 is 0 Å². The largest absolute Gasteiger partial charge is 0.355 e. The number of nitrogens with one attached hydrogen (secondary N) is 4. The van der Waals surface area contributed by atoms with E-state index in [1.807, 2.05) is 0 Å². The minimum absolute atomic E-state index is 0.339. The Labute approximate surface area is 381 Å². The fourth-order valence-corrected chi connectivity index (χ4v) is 15.2. The van der Waals surface area contributed by atoms with Crippen molar-refractivity contribution in [1.29, 1.82) is 0 Å². The lowest BCUT2D eigenvalue weighted by molar-refractivity contribution is 0.519. The van der Waals surface area contributed by atoms with Crippen molar-refractivity contribution >= 4 is 56.6 Å². The van der Waals surface area contributed by atoms with Crippen LogP contribution in [0.15, 0.2) is 121 Å². The van der Waals surface area contributed by atoms with Crippen LogP contribution in [0, 0.1) is 0 Å². The molecule has 1 aliphatic heterocycles. The lowest BCUT2D eigenvalue weighted by Gasteiger charge is -2.40. The van der Waals surface area contributed by atoms with Crippen molar-refractivity contribution in [3.63, 3.8) is 0 Å². The van der Waals surface area contributed by atoms with Crippen molar-refractivity contribution in [2.24, 2.45) is 0 Å². The van der Waals surface area contributed by atoms with E-state index < -0.39 is 0 Å². The molecule has 5 heterocycles. The van der Waals surface area contributed by atoms with Crippen LogP contribution < -0.4 is 21.4 Å². The Morgan fingerprint density at radius 3 is 0.848 bits per heavy atom. The van der Waals surface area contributed by atoms with Crippen LogP contribution in [-0.2, 0) is 0 Å². The van der Waals surface area contributed by atoms with Gasteiger partial charge in [0.1, 0.15) is 0 Å². The number of fused-ring (bicyclic) bond motifs is 14. The zero-order valence-electron chi connectivity index (χ0n) is 36.6. The molecule has 10 aromatic rings. The molecule has 9 aliphatic carbocycles. The molecule has 0 spiro atoms. The van der Waals surface area contributed by atoms with E-state index in [0.29, 0.717) is 35.5 Å². The first-order valence-corrected chi connectivity index (χ1v) is 24.6. The average molecular weight is 847 g/mol. The molecular formula is C62H46N4. The highest BCUT2D eigenvalue weighted by molar-refractivity contribution is 5.89. The summed E-state index contributed by atoms with van der Waals surface area (Å²) in [5.41, 5.74) is 23.2. The van der Waals surface area contributed by atoms with Crippen LogP contribution in [0.1, 0.15) is 164 Å². The van der Waals surface area contributed by atoms with Crippen LogP contribution in [0.25, 0.3) is 56.6 Å². The predicted octanol–water partition coefficient (Wildman–Crippen LogP) is 11.2. The molecule has 6 aromatic carbocycles. The van der Waals surface area contributed by atoms with Gasteiger partial charge in [-0.25, -0.2) is 0 Å². The van der Waals surface area contributed by atoms with Crippen LogP contribution in [0.3, 0.4) is 0 Å². The highest BCUT2D eigenvalue weighted by Crippen LogP contribution is 2.58. The topological polar surface area (TPSA) is 63.2 Å². The fourth-order valence-electron chi connectivity index (χ4n) is 15.2. The van der Waals surface area contributed by atoms with Gasteiger partial charge in [-0.15, -0.1) is 0 Å². The number of H-pyrrole nitrogens is 4. The second-order valence-electron chi connectivity index (χ2n) is 20.8. The van der Waals surface area contributed by atoms with Gasteiger partial charge in [-0.2, -0.15) is 0 Å². The van der Waals surface area contributed by atoms with Crippen LogP contribution in [0.2, 0.25) is 0 Å². The van der Waals surface area contributed by atoms with Crippen LogP contribution in [0.4, 0.5) is 0 Å². The molecule has 66 heavy (non-hydrogen) atoms. The summed E-state index contributed by atoms with van der Waals surface area (Å²) in [6.07, 6.45) is 17.0. The normalized spacial score (nSPS) is 23.0. The Bertz CT molecular complexity index is 3860. The Morgan fingerprint density at radius 2 is 0.545 bits per heavy atom. The summed E-state index contributed by atoms with van der Waals surface area (Å²) in [4.78, 5) is 16.5. The first-order valence-electron chi connectivity index (χ1n) is 24.6. The average Bonchev–Trinajstić information content (AvgIpc) is 4.15. The minimum Gasteiger partial charge on any atom is -0.355 e. The number of hydrogen-bond acceptors (Lipinski definition) is 0. The van der Waals surface area contributed by atoms with Crippen LogP contribution in [-0.4, -0.2) is 19.9 Å². The van der Waals surface area contributed by atoms with Crippen molar-refractivity contribution in [1.82, 2.24) is 19.9 Å². The third-order valence-corrected chi connectivity index (χ3v) is 17.8. The minimum atomic E-state index is 0.339. The van der Waals surface area contributed by atoms with Gasteiger partial charge in [-0.1, -0.05) is 109 Å². The second-order valence-corrected chi connectivity index (χ2v) is 20.8. The van der Waals surface area contributed by atoms with Crippen molar-refractivity contribution in [2.45, 2.75) is 74.0 Å². The quantitative estimate of drug-likeness (QED) is 0.118. The Morgan fingerprint density at radius 1 is 0.273 bits per heavy atom. The van der Waals surface area contributed by atoms with E-state index in [0.717, 1.165) is 10.7 Å². The molecule has 6 unspecified atom stereocenters. The predicted molar refractivity (Wildman–Crippen MR) is 267 cm³/mol. The molecule has 4 N–H and O–H groups in total. The zero-order chi connectivity index (χ0) is 42.5. The molecular weight excluding hydrogens is 801 g/mol. The summed E-state index contributed by atoms with van der Waals surface area (Å²) in [6.45, 7) is 0. The third kappa shape index (κ3) is 4.50. The highest BCUT2D eigenvalue weighted by atomic mass is 14.8. The molecule has 10 aliphatic rings.